The molecule has 3 aromatic rings. The average molecular weight is 672 g/mol. The number of likely N-dealkylation sites (tertiary alicyclic amines) is 1. The Labute approximate surface area is 270 Å². The molecule has 46 heavy (non-hydrogen) atoms. The van der Waals surface area contributed by atoms with E-state index in [0.29, 0.717) is 72.8 Å². The van der Waals surface area contributed by atoms with E-state index in [0.717, 1.165) is 0 Å². The van der Waals surface area contributed by atoms with E-state index in [-0.39, 0.29) is 28.7 Å². The first-order valence-corrected chi connectivity index (χ1v) is 16.7. The molecule has 2 aliphatic heterocycles. The number of piperidine rings is 1. The topological polar surface area (TPSA) is 198 Å². The number of sulfonamides is 1. The fourth-order valence-electron chi connectivity index (χ4n) is 6.10. The van der Waals surface area contributed by atoms with Crippen LogP contribution in [0.1, 0.15) is 47.1 Å². The van der Waals surface area contributed by atoms with E-state index >= 15 is 0 Å². The lowest BCUT2D eigenvalue weighted by Crippen LogP contribution is -2.40. The Kier molecular flexibility index (Phi) is 9.65. The van der Waals surface area contributed by atoms with E-state index in [1.807, 2.05) is 5.32 Å². The summed E-state index contributed by atoms with van der Waals surface area (Å²) in [6.07, 6.45) is 1.20. The Morgan fingerprint density at radius 2 is 1.67 bits per heavy atom. The molecule has 5 N–H and O–H groups in total. The van der Waals surface area contributed by atoms with E-state index in [2.05, 4.69) is 20.0 Å². The number of hydrogen-bond acceptors (Lipinski definition) is 8. The SMILES string of the molecule is COC(=O)Nc1ccc(-c2[nH]c([C@@H]3C[C@H](C4CCN(S(C)(=O)=O)CC4)CN3C(=O)c3ccc(C(=N)NC(=O)O)cc3)nc2Cl)cc1. The van der Waals surface area contributed by atoms with Crippen LogP contribution in [0, 0.1) is 17.2 Å². The largest absolute Gasteiger partial charge is 0.465 e. The van der Waals surface area contributed by atoms with Gasteiger partial charge in [0, 0.05) is 42.0 Å². The lowest BCUT2D eigenvalue weighted by molar-refractivity contribution is 0.0720. The van der Waals surface area contributed by atoms with Crippen LogP contribution in [0.4, 0.5) is 15.3 Å². The Morgan fingerprint density at radius 3 is 2.26 bits per heavy atom. The highest BCUT2D eigenvalue weighted by Gasteiger charge is 2.42. The second-order valence-electron chi connectivity index (χ2n) is 11.3. The van der Waals surface area contributed by atoms with Crippen LogP contribution >= 0.6 is 11.6 Å². The molecule has 2 saturated heterocycles. The van der Waals surface area contributed by atoms with Crippen LogP contribution < -0.4 is 10.6 Å². The zero-order chi connectivity index (χ0) is 33.2. The summed E-state index contributed by atoms with van der Waals surface area (Å²) >= 11 is 6.61. The number of rotatable bonds is 7. The smallest absolute Gasteiger partial charge is 0.411 e. The van der Waals surface area contributed by atoms with Crippen molar-refractivity contribution in [3.63, 3.8) is 0 Å². The first-order valence-electron chi connectivity index (χ1n) is 14.5. The molecule has 2 aromatic carbocycles. The number of anilines is 1. The maximum atomic E-state index is 14.0. The van der Waals surface area contributed by atoms with Gasteiger partial charge < -0.3 is 19.7 Å². The number of benzene rings is 2. The van der Waals surface area contributed by atoms with Crippen LogP contribution in [0.3, 0.4) is 0 Å². The Bertz CT molecular complexity index is 1740. The van der Waals surface area contributed by atoms with Gasteiger partial charge in [0.15, 0.2) is 5.15 Å². The van der Waals surface area contributed by atoms with Crippen LogP contribution in [0.15, 0.2) is 48.5 Å². The van der Waals surface area contributed by atoms with Crippen molar-refractivity contribution < 1.29 is 32.6 Å². The molecule has 1 aromatic heterocycles. The maximum Gasteiger partial charge on any atom is 0.411 e. The highest BCUT2D eigenvalue weighted by atomic mass is 35.5. The predicted octanol–water partition coefficient (Wildman–Crippen LogP) is 4.38. The van der Waals surface area contributed by atoms with E-state index in [1.54, 1.807) is 41.3 Å². The summed E-state index contributed by atoms with van der Waals surface area (Å²) in [4.78, 5) is 46.1. The molecule has 0 saturated carbocycles. The first kappa shape index (κ1) is 32.9. The molecule has 2 atom stereocenters. The molecule has 0 bridgehead atoms. The second kappa shape index (κ2) is 13.5. The number of methoxy groups -OCH3 is 1. The minimum absolute atomic E-state index is 0.0823. The summed E-state index contributed by atoms with van der Waals surface area (Å²) in [6, 6.07) is 12.6. The number of carboxylic acid groups (broad SMARTS) is 1. The van der Waals surface area contributed by atoms with Crippen molar-refractivity contribution in [2.45, 2.75) is 25.3 Å². The van der Waals surface area contributed by atoms with Gasteiger partial charge in [0.1, 0.15) is 11.7 Å². The van der Waals surface area contributed by atoms with Crippen LogP contribution in [-0.2, 0) is 14.8 Å². The zero-order valence-corrected chi connectivity index (χ0v) is 26.7. The Hall–Kier alpha value is -4.47. The molecular formula is C30H34ClN7O7S. The van der Waals surface area contributed by atoms with Crippen LogP contribution in [0.25, 0.3) is 11.3 Å². The highest BCUT2D eigenvalue weighted by molar-refractivity contribution is 7.88. The minimum atomic E-state index is -3.28. The molecule has 0 aliphatic carbocycles. The van der Waals surface area contributed by atoms with Crippen molar-refractivity contribution in [2.75, 3.05) is 38.3 Å². The number of carbonyl (C=O) groups excluding carboxylic acids is 2. The van der Waals surface area contributed by atoms with Gasteiger partial charge in [-0.2, -0.15) is 0 Å². The molecule has 2 aliphatic rings. The third kappa shape index (κ3) is 7.32. The number of carbonyl (C=O) groups is 3. The number of imidazole rings is 1. The number of hydrogen-bond donors (Lipinski definition) is 5. The summed E-state index contributed by atoms with van der Waals surface area (Å²) in [5.41, 5.74) is 2.46. The number of aromatic nitrogens is 2. The fraction of sp³-hybridized carbons (Fsp3) is 0.367. The van der Waals surface area contributed by atoms with E-state index in [4.69, 9.17) is 22.1 Å². The number of aromatic amines is 1. The van der Waals surface area contributed by atoms with Gasteiger partial charge in [-0.25, -0.2) is 27.3 Å². The number of halogens is 1. The van der Waals surface area contributed by atoms with Crippen LogP contribution in [-0.4, -0.2) is 89.6 Å². The minimum Gasteiger partial charge on any atom is -0.465 e. The van der Waals surface area contributed by atoms with E-state index in [1.165, 1.54) is 29.8 Å². The van der Waals surface area contributed by atoms with Gasteiger partial charge in [-0.3, -0.25) is 20.8 Å². The van der Waals surface area contributed by atoms with Gasteiger partial charge in [-0.15, -0.1) is 0 Å². The number of ether oxygens (including phenoxy) is 1. The number of nitrogens with zero attached hydrogens (tertiary/aromatic N) is 3. The Balaban J connectivity index is 1.41. The summed E-state index contributed by atoms with van der Waals surface area (Å²) in [6.45, 7) is 1.27. The molecule has 16 heteroatoms. The molecule has 0 radical (unpaired) electrons. The highest BCUT2D eigenvalue weighted by Crippen LogP contribution is 2.43. The molecular weight excluding hydrogens is 638 g/mol. The fourth-order valence-corrected chi connectivity index (χ4v) is 7.23. The lowest BCUT2D eigenvalue weighted by atomic mass is 9.83. The monoisotopic (exact) mass is 671 g/mol. The van der Waals surface area contributed by atoms with Crippen LogP contribution in [0.2, 0.25) is 5.15 Å². The van der Waals surface area contributed by atoms with E-state index in [9.17, 15) is 22.8 Å². The number of amides is 3. The van der Waals surface area contributed by atoms with Gasteiger partial charge in [0.25, 0.3) is 5.91 Å². The average Bonchev–Trinajstić information content (AvgIpc) is 3.64. The van der Waals surface area contributed by atoms with Crippen molar-refractivity contribution in [1.82, 2.24) is 24.5 Å². The first-order chi connectivity index (χ1) is 21.8. The molecule has 3 amide bonds. The molecule has 14 nitrogen and oxygen atoms in total. The molecule has 0 unspecified atom stereocenters. The normalized spacial score (nSPS) is 19.1. The van der Waals surface area contributed by atoms with Crippen molar-refractivity contribution >= 4 is 51.2 Å². The van der Waals surface area contributed by atoms with Gasteiger partial charge in [0.05, 0.1) is 25.1 Å². The van der Waals surface area contributed by atoms with Crippen LogP contribution in [0.5, 0.6) is 0 Å². The van der Waals surface area contributed by atoms with Gasteiger partial charge in [0.2, 0.25) is 10.0 Å². The third-order valence-corrected chi connectivity index (χ3v) is 10.1. The summed E-state index contributed by atoms with van der Waals surface area (Å²) in [7, 11) is -2.01. The standard InChI is InChI=1S/C30H34ClN7O7S/c1-45-30(42)33-22-9-7-18(8-10-22)24-25(31)35-27(34-24)23-15-21(17-11-13-37(14-12-17)46(2,43)44)16-38(23)28(39)20-5-3-19(4-6-20)26(32)36-29(40)41/h3-10,17,21,23H,11-16H2,1-2H3,(H2,32,36)(H,33,42)(H,34,35)(H,40,41)/t21-,23-/m0/s1. The summed E-state index contributed by atoms with van der Waals surface area (Å²) in [5.74, 6) is 0.211. The lowest BCUT2D eigenvalue weighted by Gasteiger charge is -2.33. The van der Waals surface area contributed by atoms with Crippen molar-refractivity contribution in [2.24, 2.45) is 11.8 Å². The molecule has 244 valence electrons. The van der Waals surface area contributed by atoms with Crippen molar-refractivity contribution in [3.8, 4) is 11.3 Å². The van der Waals surface area contributed by atoms with E-state index < -0.39 is 28.3 Å². The predicted molar refractivity (Wildman–Crippen MR) is 171 cm³/mol. The number of amidine groups is 1. The molecule has 3 heterocycles. The van der Waals surface area contributed by atoms with Gasteiger partial charge in [-0.05, 0) is 55.4 Å². The second-order valence-corrected chi connectivity index (χ2v) is 13.7. The summed E-state index contributed by atoms with van der Waals surface area (Å²) < 4.78 is 30.3. The van der Waals surface area contributed by atoms with Gasteiger partial charge in [-0.1, -0.05) is 35.9 Å². The number of H-pyrrole nitrogens is 1. The number of nitrogens with one attached hydrogen (secondary N) is 4. The molecule has 0 spiro atoms. The summed E-state index contributed by atoms with van der Waals surface area (Å²) in [5, 5.41) is 21.6. The molecule has 2 fully saturated rings. The Morgan fingerprint density at radius 1 is 1.04 bits per heavy atom. The quantitative estimate of drug-likeness (QED) is 0.180. The zero-order valence-electron chi connectivity index (χ0n) is 25.1. The van der Waals surface area contributed by atoms with Crippen molar-refractivity contribution in [1.29, 1.82) is 5.41 Å². The third-order valence-electron chi connectivity index (χ3n) is 8.48. The van der Waals surface area contributed by atoms with Crippen molar-refractivity contribution in [3.05, 3.63) is 70.6 Å². The maximum absolute atomic E-state index is 14.0. The van der Waals surface area contributed by atoms with Gasteiger partial charge >= 0.3 is 12.2 Å². The molecule has 5 rings (SSSR count).